The topological polar surface area (TPSA) is 45.9 Å². The molecule has 0 saturated carbocycles. The van der Waals surface area contributed by atoms with Crippen molar-refractivity contribution in [2.24, 2.45) is 0 Å². The van der Waals surface area contributed by atoms with Gasteiger partial charge in [0.2, 0.25) is 5.91 Å². The predicted octanol–water partition coefficient (Wildman–Crippen LogP) is 3.54. The summed E-state index contributed by atoms with van der Waals surface area (Å²) in [6.45, 7) is 11.4. The minimum Gasteiger partial charge on any atom is -0.496 e. The van der Waals surface area contributed by atoms with Crippen molar-refractivity contribution in [2.45, 2.75) is 27.7 Å². The molecule has 140 valence electrons. The lowest BCUT2D eigenvalue weighted by atomic mass is 9.98. The molecule has 26 heavy (non-hydrogen) atoms. The highest BCUT2D eigenvalue weighted by Gasteiger charge is 2.20. The van der Waals surface area contributed by atoms with E-state index in [1.54, 1.807) is 13.2 Å². The number of allylic oxidation sites excluding steroid dienone is 1. The van der Waals surface area contributed by atoms with Crippen LogP contribution < -0.4 is 4.74 Å². The predicted molar refractivity (Wildman–Crippen MR) is 105 cm³/mol. The van der Waals surface area contributed by atoms with Gasteiger partial charge < -0.3 is 19.0 Å². The zero-order chi connectivity index (χ0) is 19.0. The molecule has 0 radical (unpaired) electrons. The summed E-state index contributed by atoms with van der Waals surface area (Å²) in [4.78, 5) is 16.8. The molecule has 0 unspecified atom stereocenters. The first-order valence-electron chi connectivity index (χ1n) is 9.07. The average Bonchev–Trinajstić information content (AvgIpc) is 2.90. The second kappa shape index (κ2) is 7.16. The van der Waals surface area contributed by atoms with Gasteiger partial charge in [-0.3, -0.25) is 4.79 Å². The van der Waals surface area contributed by atoms with Crippen LogP contribution in [-0.4, -0.2) is 56.0 Å². The number of piperazine rings is 1. The number of fused-ring (bicyclic) bond motifs is 1. The Morgan fingerprint density at radius 3 is 2.42 bits per heavy atom. The maximum atomic E-state index is 12.7. The molecule has 0 atom stereocenters. The van der Waals surface area contributed by atoms with Gasteiger partial charge >= 0.3 is 0 Å². The third-order valence-corrected chi connectivity index (χ3v) is 5.43. The smallest absolute Gasteiger partial charge is 0.246 e. The fourth-order valence-electron chi connectivity index (χ4n) is 3.55. The molecule has 1 aliphatic rings. The lowest BCUT2D eigenvalue weighted by Gasteiger charge is -2.31. The molecule has 5 nitrogen and oxygen atoms in total. The Kier molecular flexibility index (Phi) is 5.10. The number of ether oxygens (including phenoxy) is 1. The van der Waals surface area contributed by atoms with E-state index in [4.69, 9.17) is 9.15 Å². The SMILES string of the molecule is COc1c(/C(C)=C/C(=O)N2CCN(C)CC2)cc2c(C)c(C)oc2c1C. The van der Waals surface area contributed by atoms with Crippen LogP contribution in [0.2, 0.25) is 0 Å². The number of methoxy groups -OCH3 is 1. The van der Waals surface area contributed by atoms with Gasteiger partial charge in [0.1, 0.15) is 17.1 Å². The Bertz CT molecular complexity index is 871. The fourth-order valence-corrected chi connectivity index (χ4v) is 3.55. The average molecular weight is 356 g/mol. The van der Waals surface area contributed by atoms with Crippen molar-refractivity contribution < 1.29 is 13.9 Å². The Hall–Kier alpha value is -2.27. The summed E-state index contributed by atoms with van der Waals surface area (Å²) in [5.74, 6) is 1.75. The van der Waals surface area contributed by atoms with E-state index in [0.717, 1.165) is 70.9 Å². The summed E-state index contributed by atoms with van der Waals surface area (Å²) in [6, 6.07) is 2.08. The van der Waals surface area contributed by atoms with Crippen LogP contribution in [0.1, 0.15) is 29.4 Å². The highest BCUT2D eigenvalue weighted by molar-refractivity contribution is 5.98. The van der Waals surface area contributed by atoms with Gasteiger partial charge in [-0.2, -0.15) is 0 Å². The number of carbonyl (C=O) groups is 1. The Morgan fingerprint density at radius 1 is 1.15 bits per heavy atom. The quantitative estimate of drug-likeness (QED) is 0.789. The molecular weight excluding hydrogens is 328 g/mol. The van der Waals surface area contributed by atoms with Gasteiger partial charge in [0.05, 0.1) is 7.11 Å². The zero-order valence-electron chi connectivity index (χ0n) is 16.6. The zero-order valence-corrected chi connectivity index (χ0v) is 16.6. The molecular formula is C21H28N2O3. The van der Waals surface area contributed by atoms with Gasteiger partial charge in [-0.05, 0) is 51.9 Å². The first-order valence-corrected chi connectivity index (χ1v) is 9.07. The van der Waals surface area contributed by atoms with E-state index in [-0.39, 0.29) is 5.91 Å². The van der Waals surface area contributed by atoms with E-state index in [0.29, 0.717) is 0 Å². The molecule has 0 N–H and O–H groups in total. The number of hydrogen-bond donors (Lipinski definition) is 0. The van der Waals surface area contributed by atoms with Gasteiger partial charge in [0, 0.05) is 48.8 Å². The second-order valence-electron chi connectivity index (χ2n) is 7.20. The number of nitrogens with zero attached hydrogens (tertiary/aromatic N) is 2. The largest absolute Gasteiger partial charge is 0.496 e. The Morgan fingerprint density at radius 2 is 1.81 bits per heavy atom. The lowest BCUT2D eigenvalue weighted by Crippen LogP contribution is -2.46. The highest BCUT2D eigenvalue weighted by Crippen LogP contribution is 2.38. The molecule has 3 rings (SSSR count). The van der Waals surface area contributed by atoms with Gasteiger partial charge in [-0.1, -0.05) is 0 Å². The lowest BCUT2D eigenvalue weighted by molar-refractivity contribution is -0.127. The summed E-state index contributed by atoms with van der Waals surface area (Å²) in [6.07, 6.45) is 1.73. The van der Waals surface area contributed by atoms with Crippen LogP contribution in [0.5, 0.6) is 5.75 Å². The van der Waals surface area contributed by atoms with Gasteiger partial charge in [-0.25, -0.2) is 0 Å². The summed E-state index contributed by atoms with van der Waals surface area (Å²) < 4.78 is 11.6. The van der Waals surface area contributed by atoms with Crippen molar-refractivity contribution in [1.82, 2.24) is 9.80 Å². The normalized spacial score (nSPS) is 16.4. The summed E-state index contributed by atoms with van der Waals surface area (Å²) in [7, 11) is 3.75. The van der Waals surface area contributed by atoms with Gasteiger partial charge in [0.25, 0.3) is 0 Å². The molecule has 1 aromatic heterocycles. The molecule has 0 aliphatic carbocycles. The standard InChI is InChI=1S/C21H28N2O3/c1-13(11-19(24)23-9-7-22(5)8-10-23)17-12-18-14(2)16(4)26-21(18)15(3)20(17)25-6/h11-12H,7-10H2,1-6H3/b13-11+. The Labute approximate surface area is 155 Å². The molecule has 5 heteroatoms. The van der Waals surface area contributed by atoms with Gasteiger partial charge in [0.15, 0.2) is 0 Å². The Balaban J connectivity index is 2.00. The number of rotatable bonds is 3. The summed E-state index contributed by atoms with van der Waals surface area (Å²) in [5.41, 5.74) is 4.82. The van der Waals surface area contributed by atoms with E-state index >= 15 is 0 Å². The molecule has 2 aromatic rings. The number of aryl methyl sites for hydroxylation is 3. The molecule has 0 spiro atoms. The number of likely N-dealkylation sites (N-methyl/N-ethyl adjacent to an activating group) is 1. The van der Waals surface area contributed by atoms with Gasteiger partial charge in [-0.15, -0.1) is 0 Å². The molecule has 0 bridgehead atoms. The van der Waals surface area contributed by atoms with Crippen molar-refractivity contribution in [2.75, 3.05) is 40.3 Å². The number of carbonyl (C=O) groups excluding carboxylic acids is 1. The molecule has 1 aliphatic heterocycles. The summed E-state index contributed by atoms with van der Waals surface area (Å²) in [5, 5.41) is 1.08. The number of hydrogen-bond acceptors (Lipinski definition) is 4. The monoisotopic (exact) mass is 356 g/mol. The molecule has 2 heterocycles. The van der Waals surface area contributed by atoms with Crippen LogP contribution in [0, 0.1) is 20.8 Å². The fraction of sp³-hybridized carbons (Fsp3) is 0.476. The minimum absolute atomic E-state index is 0.0653. The number of benzene rings is 1. The van der Waals surface area contributed by atoms with Crippen molar-refractivity contribution in [3.63, 3.8) is 0 Å². The summed E-state index contributed by atoms with van der Waals surface area (Å²) >= 11 is 0. The van der Waals surface area contributed by atoms with Crippen molar-refractivity contribution in [1.29, 1.82) is 0 Å². The molecule has 1 fully saturated rings. The first kappa shape index (κ1) is 18.5. The van der Waals surface area contributed by atoms with E-state index in [1.807, 2.05) is 25.7 Å². The highest BCUT2D eigenvalue weighted by atomic mass is 16.5. The van der Waals surface area contributed by atoms with Crippen LogP contribution in [0.3, 0.4) is 0 Å². The van der Waals surface area contributed by atoms with E-state index < -0.39 is 0 Å². The van der Waals surface area contributed by atoms with Crippen molar-refractivity contribution >= 4 is 22.4 Å². The molecule has 1 saturated heterocycles. The van der Waals surface area contributed by atoms with Crippen molar-refractivity contribution in [3.8, 4) is 5.75 Å². The minimum atomic E-state index is 0.0653. The maximum Gasteiger partial charge on any atom is 0.246 e. The molecule has 1 aromatic carbocycles. The maximum absolute atomic E-state index is 12.7. The van der Waals surface area contributed by atoms with E-state index in [2.05, 4.69) is 24.9 Å². The third kappa shape index (κ3) is 3.23. The van der Waals surface area contributed by atoms with Crippen LogP contribution >= 0.6 is 0 Å². The van der Waals surface area contributed by atoms with E-state index in [1.165, 1.54) is 0 Å². The van der Waals surface area contributed by atoms with Crippen LogP contribution in [0.4, 0.5) is 0 Å². The van der Waals surface area contributed by atoms with Crippen LogP contribution in [0.15, 0.2) is 16.6 Å². The van der Waals surface area contributed by atoms with Crippen LogP contribution in [0.25, 0.3) is 16.5 Å². The first-order chi connectivity index (χ1) is 12.3. The van der Waals surface area contributed by atoms with Crippen LogP contribution in [-0.2, 0) is 4.79 Å². The third-order valence-electron chi connectivity index (χ3n) is 5.43. The molecule has 1 amide bonds. The second-order valence-corrected chi connectivity index (χ2v) is 7.20. The number of furan rings is 1. The van der Waals surface area contributed by atoms with Crippen molar-refractivity contribution in [3.05, 3.63) is 34.6 Å². The van der Waals surface area contributed by atoms with E-state index in [9.17, 15) is 4.79 Å². The number of amides is 1.